The Labute approximate surface area is 130 Å². The molecule has 1 aromatic carbocycles. The van der Waals surface area contributed by atoms with Gasteiger partial charge in [-0.05, 0) is 18.1 Å². The van der Waals surface area contributed by atoms with Gasteiger partial charge < -0.3 is 19.9 Å². The number of carbonyl (C=O) groups is 1. The number of amides is 2. The van der Waals surface area contributed by atoms with Crippen LogP contribution in [0.2, 0.25) is 0 Å². The number of imidazole rings is 1. The van der Waals surface area contributed by atoms with Crippen molar-refractivity contribution >= 4 is 6.03 Å². The van der Waals surface area contributed by atoms with Crippen LogP contribution in [-0.4, -0.2) is 45.3 Å². The highest BCUT2D eigenvalue weighted by molar-refractivity contribution is 5.74. The first-order valence-corrected chi connectivity index (χ1v) is 7.25. The van der Waals surface area contributed by atoms with E-state index >= 15 is 0 Å². The second-order valence-corrected chi connectivity index (χ2v) is 5.36. The van der Waals surface area contributed by atoms with Gasteiger partial charge in [0.2, 0.25) is 0 Å². The van der Waals surface area contributed by atoms with Gasteiger partial charge in [-0.3, -0.25) is 0 Å². The molecular formula is C16H22N4O2. The van der Waals surface area contributed by atoms with Crippen molar-refractivity contribution in [2.24, 2.45) is 0 Å². The van der Waals surface area contributed by atoms with E-state index in [4.69, 9.17) is 5.11 Å². The summed E-state index contributed by atoms with van der Waals surface area (Å²) >= 11 is 0. The maximum atomic E-state index is 11.9. The number of rotatable bonds is 6. The summed E-state index contributed by atoms with van der Waals surface area (Å²) in [6.45, 7) is 2.96. The monoisotopic (exact) mass is 302 g/mol. The number of hydrogen-bond donors (Lipinski definition) is 2. The average molecular weight is 302 g/mol. The summed E-state index contributed by atoms with van der Waals surface area (Å²) in [6, 6.07) is 7.68. The van der Waals surface area contributed by atoms with Crippen molar-refractivity contribution in [2.45, 2.75) is 26.1 Å². The largest absolute Gasteiger partial charge is 0.394 e. The Morgan fingerprint density at radius 1 is 1.45 bits per heavy atom. The Morgan fingerprint density at radius 3 is 2.91 bits per heavy atom. The molecule has 1 unspecified atom stereocenters. The van der Waals surface area contributed by atoms with Gasteiger partial charge in [0.05, 0.1) is 19.0 Å². The van der Waals surface area contributed by atoms with Crippen LogP contribution in [0.5, 0.6) is 0 Å². The first kappa shape index (κ1) is 16.0. The zero-order chi connectivity index (χ0) is 15.9. The SMILES string of the molecule is CC(CO)N(C)C(=O)NCc1cccc(Cn2ccnc2)c1. The van der Waals surface area contributed by atoms with Crippen LogP contribution in [0, 0.1) is 0 Å². The molecule has 22 heavy (non-hydrogen) atoms. The Balaban J connectivity index is 1.92. The van der Waals surface area contributed by atoms with Crippen LogP contribution >= 0.6 is 0 Å². The maximum absolute atomic E-state index is 11.9. The second-order valence-electron chi connectivity index (χ2n) is 5.36. The van der Waals surface area contributed by atoms with E-state index in [0.29, 0.717) is 6.54 Å². The highest BCUT2D eigenvalue weighted by Crippen LogP contribution is 2.07. The summed E-state index contributed by atoms with van der Waals surface area (Å²) < 4.78 is 1.99. The molecule has 0 aliphatic heterocycles. The lowest BCUT2D eigenvalue weighted by Crippen LogP contribution is -2.43. The highest BCUT2D eigenvalue weighted by Gasteiger charge is 2.14. The van der Waals surface area contributed by atoms with Crippen LogP contribution in [-0.2, 0) is 13.1 Å². The van der Waals surface area contributed by atoms with Crippen LogP contribution in [0.3, 0.4) is 0 Å². The summed E-state index contributed by atoms with van der Waals surface area (Å²) in [6.07, 6.45) is 5.45. The molecule has 2 aromatic rings. The quantitative estimate of drug-likeness (QED) is 0.848. The van der Waals surface area contributed by atoms with Crippen LogP contribution < -0.4 is 5.32 Å². The van der Waals surface area contributed by atoms with Gasteiger partial charge in [-0.2, -0.15) is 0 Å². The molecule has 1 aromatic heterocycles. The van der Waals surface area contributed by atoms with E-state index in [2.05, 4.69) is 16.4 Å². The lowest BCUT2D eigenvalue weighted by atomic mass is 10.1. The number of carbonyl (C=O) groups excluding carboxylic acids is 1. The maximum Gasteiger partial charge on any atom is 0.317 e. The lowest BCUT2D eigenvalue weighted by Gasteiger charge is -2.23. The minimum Gasteiger partial charge on any atom is -0.394 e. The van der Waals surface area contributed by atoms with Gasteiger partial charge in [-0.15, -0.1) is 0 Å². The predicted octanol–water partition coefficient (Wildman–Crippen LogP) is 1.45. The zero-order valence-electron chi connectivity index (χ0n) is 12.9. The number of hydrogen-bond acceptors (Lipinski definition) is 3. The molecule has 0 aliphatic rings. The standard InChI is InChI=1S/C16H22N4O2/c1-13(11-21)19(2)16(22)18-9-14-4-3-5-15(8-14)10-20-7-6-17-12-20/h3-8,12-13,21H,9-11H2,1-2H3,(H,18,22). The highest BCUT2D eigenvalue weighted by atomic mass is 16.3. The molecule has 6 nitrogen and oxygen atoms in total. The predicted molar refractivity (Wildman–Crippen MR) is 84.3 cm³/mol. The molecule has 2 rings (SSSR count). The van der Waals surface area contributed by atoms with Crippen LogP contribution in [0.25, 0.3) is 0 Å². The summed E-state index contributed by atoms with van der Waals surface area (Å²) in [5.41, 5.74) is 2.19. The molecule has 118 valence electrons. The van der Waals surface area contributed by atoms with Gasteiger partial charge in [0.25, 0.3) is 0 Å². The van der Waals surface area contributed by atoms with E-state index in [1.54, 1.807) is 26.5 Å². The number of nitrogens with one attached hydrogen (secondary N) is 1. The number of aromatic nitrogens is 2. The molecule has 6 heteroatoms. The number of aliphatic hydroxyl groups is 1. The Morgan fingerprint density at radius 2 is 2.23 bits per heavy atom. The Bertz CT molecular complexity index is 598. The van der Waals surface area contributed by atoms with E-state index in [0.717, 1.165) is 17.7 Å². The number of aliphatic hydroxyl groups excluding tert-OH is 1. The normalized spacial score (nSPS) is 12.0. The van der Waals surface area contributed by atoms with Crippen LogP contribution in [0.1, 0.15) is 18.1 Å². The number of benzene rings is 1. The first-order valence-electron chi connectivity index (χ1n) is 7.25. The molecule has 2 N–H and O–H groups in total. The first-order chi connectivity index (χ1) is 10.6. The molecule has 0 radical (unpaired) electrons. The molecule has 0 bridgehead atoms. The topological polar surface area (TPSA) is 70.4 Å². The van der Waals surface area contributed by atoms with E-state index in [1.807, 2.05) is 29.0 Å². The molecule has 0 saturated carbocycles. The number of urea groups is 1. The Kier molecular flexibility index (Phi) is 5.55. The van der Waals surface area contributed by atoms with Gasteiger partial charge in [0.1, 0.15) is 0 Å². The van der Waals surface area contributed by atoms with Crippen LogP contribution in [0.15, 0.2) is 43.0 Å². The smallest absolute Gasteiger partial charge is 0.317 e. The fourth-order valence-electron chi connectivity index (χ4n) is 2.05. The van der Waals surface area contributed by atoms with Crippen molar-refractivity contribution in [3.63, 3.8) is 0 Å². The molecule has 0 fully saturated rings. The molecule has 0 aliphatic carbocycles. The molecule has 2 amide bonds. The average Bonchev–Trinajstić information content (AvgIpc) is 3.04. The fraction of sp³-hybridized carbons (Fsp3) is 0.375. The van der Waals surface area contributed by atoms with Gasteiger partial charge in [0.15, 0.2) is 0 Å². The minimum absolute atomic E-state index is 0.0513. The molecule has 0 spiro atoms. The molecule has 0 saturated heterocycles. The van der Waals surface area contributed by atoms with Crippen molar-refractivity contribution in [3.05, 3.63) is 54.1 Å². The summed E-state index contributed by atoms with van der Waals surface area (Å²) in [5.74, 6) is 0. The summed E-state index contributed by atoms with van der Waals surface area (Å²) in [5, 5.41) is 11.9. The van der Waals surface area contributed by atoms with Gasteiger partial charge >= 0.3 is 6.03 Å². The number of nitrogens with zero attached hydrogens (tertiary/aromatic N) is 3. The Hall–Kier alpha value is -2.34. The lowest BCUT2D eigenvalue weighted by molar-refractivity contribution is 0.157. The van der Waals surface area contributed by atoms with Crippen molar-refractivity contribution in [2.75, 3.05) is 13.7 Å². The third-order valence-corrected chi connectivity index (χ3v) is 3.61. The van der Waals surface area contributed by atoms with Gasteiger partial charge in [-0.25, -0.2) is 9.78 Å². The van der Waals surface area contributed by atoms with E-state index < -0.39 is 0 Å². The third-order valence-electron chi connectivity index (χ3n) is 3.61. The van der Waals surface area contributed by atoms with Crippen molar-refractivity contribution in [1.82, 2.24) is 19.8 Å². The van der Waals surface area contributed by atoms with E-state index in [-0.39, 0.29) is 18.7 Å². The van der Waals surface area contributed by atoms with Crippen molar-refractivity contribution < 1.29 is 9.90 Å². The second kappa shape index (κ2) is 7.61. The molecule has 1 heterocycles. The third kappa shape index (κ3) is 4.33. The molecular weight excluding hydrogens is 280 g/mol. The van der Waals surface area contributed by atoms with Crippen molar-refractivity contribution in [1.29, 1.82) is 0 Å². The number of likely N-dealkylation sites (N-methyl/N-ethyl adjacent to an activating group) is 1. The minimum atomic E-state index is -0.201. The molecule has 1 atom stereocenters. The van der Waals surface area contributed by atoms with Gasteiger partial charge in [0, 0.05) is 32.5 Å². The van der Waals surface area contributed by atoms with Crippen molar-refractivity contribution in [3.8, 4) is 0 Å². The fourth-order valence-corrected chi connectivity index (χ4v) is 2.05. The van der Waals surface area contributed by atoms with Crippen LogP contribution in [0.4, 0.5) is 4.79 Å². The zero-order valence-corrected chi connectivity index (χ0v) is 12.9. The van der Waals surface area contributed by atoms with E-state index in [9.17, 15) is 4.79 Å². The van der Waals surface area contributed by atoms with Gasteiger partial charge in [-0.1, -0.05) is 24.3 Å². The summed E-state index contributed by atoms with van der Waals surface area (Å²) in [7, 11) is 1.67. The summed E-state index contributed by atoms with van der Waals surface area (Å²) in [4.78, 5) is 17.5. The van der Waals surface area contributed by atoms with E-state index in [1.165, 1.54) is 4.90 Å².